The van der Waals surface area contributed by atoms with E-state index < -0.39 is 12.3 Å². The van der Waals surface area contributed by atoms with E-state index in [9.17, 15) is 9.59 Å². The van der Waals surface area contributed by atoms with Gasteiger partial charge >= 0.3 is 6.09 Å². The van der Waals surface area contributed by atoms with Gasteiger partial charge in [-0.2, -0.15) is 0 Å². The third kappa shape index (κ3) is 7.82. The van der Waals surface area contributed by atoms with Crippen molar-refractivity contribution in [3.63, 3.8) is 0 Å². The first kappa shape index (κ1) is 32.2. The number of nitrogens with zero attached hydrogens (tertiary/aromatic N) is 4. The van der Waals surface area contributed by atoms with Crippen LogP contribution >= 0.6 is 23.2 Å². The van der Waals surface area contributed by atoms with Gasteiger partial charge in [0, 0.05) is 50.7 Å². The molecule has 0 bridgehead atoms. The van der Waals surface area contributed by atoms with Crippen molar-refractivity contribution in [2.75, 3.05) is 55.7 Å². The highest BCUT2D eigenvalue weighted by molar-refractivity contribution is 6.43. The Kier molecular flexibility index (Phi) is 10.9. The molecule has 0 aromatic heterocycles. The molecule has 0 radical (unpaired) electrons. The lowest BCUT2D eigenvalue weighted by Gasteiger charge is -2.38. The Morgan fingerprint density at radius 1 is 1.02 bits per heavy atom. The van der Waals surface area contributed by atoms with Crippen LogP contribution < -0.4 is 14.5 Å². The summed E-state index contributed by atoms with van der Waals surface area (Å²) >= 11 is 12.6. The van der Waals surface area contributed by atoms with Crippen LogP contribution in [0.2, 0.25) is 10.0 Å². The Hall–Kier alpha value is -2.68. The van der Waals surface area contributed by atoms with Crippen LogP contribution in [0, 0.1) is 0 Å². The zero-order valence-corrected chi connectivity index (χ0v) is 27.0. The third-order valence-electron chi connectivity index (χ3n) is 7.96. The van der Waals surface area contributed by atoms with Crippen molar-refractivity contribution in [1.29, 1.82) is 0 Å². The molecule has 2 aliphatic rings. The number of unbranched alkanes of at least 4 members (excludes halogenated alkanes) is 1. The third-order valence-corrected chi connectivity index (χ3v) is 8.77. The highest BCUT2D eigenvalue weighted by Gasteiger charge is 2.33. The van der Waals surface area contributed by atoms with Crippen LogP contribution in [0.4, 0.5) is 16.2 Å². The zero-order chi connectivity index (χ0) is 30.4. The highest BCUT2D eigenvalue weighted by atomic mass is 35.5. The summed E-state index contributed by atoms with van der Waals surface area (Å²) in [5.41, 5.74) is 2.42. The number of amides is 2. The summed E-state index contributed by atoms with van der Waals surface area (Å²) in [6.45, 7) is 15.5. The molecule has 1 unspecified atom stereocenters. The van der Waals surface area contributed by atoms with Crippen molar-refractivity contribution in [2.45, 2.75) is 72.1 Å². The Morgan fingerprint density at radius 3 is 2.45 bits per heavy atom. The van der Waals surface area contributed by atoms with Gasteiger partial charge in [0.25, 0.3) is 0 Å². The Morgan fingerprint density at radius 2 is 1.76 bits per heavy atom. The van der Waals surface area contributed by atoms with Gasteiger partial charge in [0.2, 0.25) is 5.91 Å². The Labute approximate surface area is 260 Å². The van der Waals surface area contributed by atoms with Gasteiger partial charge in [-0.05, 0) is 84.2 Å². The van der Waals surface area contributed by atoms with Crippen molar-refractivity contribution in [1.82, 2.24) is 9.80 Å². The van der Waals surface area contributed by atoms with Gasteiger partial charge in [-0.1, -0.05) is 35.3 Å². The van der Waals surface area contributed by atoms with E-state index in [1.165, 1.54) is 0 Å². The van der Waals surface area contributed by atoms with Gasteiger partial charge in [0.05, 0.1) is 28.0 Å². The summed E-state index contributed by atoms with van der Waals surface area (Å²) in [5.74, 6) is 0.653. The fourth-order valence-electron chi connectivity index (χ4n) is 5.68. The van der Waals surface area contributed by atoms with Gasteiger partial charge in [0.15, 0.2) is 6.23 Å². The molecule has 2 heterocycles. The number of rotatable bonds is 10. The van der Waals surface area contributed by atoms with Crippen molar-refractivity contribution < 1.29 is 19.1 Å². The molecule has 1 saturated heterocycles. The number of hydrogen-bond acceptors (Lipinski definition) is 6. The number of halogens is 2. The molecule has 0 N–H and O–H groups in total. The molecule has 0 spiro atoms. The Bertz CT molecular complexity index is 1240. The zero-order valence-electron chi connectivity index (χ0n) is 25.5. The van der Waals surface area contributed by atoms with E-state index in [2.05, 4.69) is 9.80 Å². The minimum atomic E-state index is -0.730. The lowest BCUT2D eigenvalue weighted by molar-refractivity contribution is -0.120. The maximum atomic E-state index is 13.0. The predicted octanol–water partition coefficient (Wildman–Crippen LogP) is 6.86. The fourth-order valence-corrected chi connectivity index (χ4v) is 6.10. The second kappa shape index (κ2) is 14.2. The Balaban J connectivity index is 1.26. The number of carbonyl (C=O) groups is 2. The first-order valence-electron chi connectivity index (χ1n) is 15.0. The summed E-state index contributed by atoms with van der Waals surface area (Å²) in [7, 11) is 0. The molecule has 8 nitrogen and oxygen atoms in total. The van der Waals surface area contributed by atoms with Crippen LogP contribution in [0.25, 0.3) is 0 Å². The van der Waals surface area contributed by atoms with Crippen molar-refractivity contribution in [3.8, 4) is 5.75 Å². The van der Waals surface area contributed by atoms with Crippen LogP contribution in [-0.2, 0) is 16.0 Å². The van der Waals surface area contributed by atoms with Crippen LogP contribution in [0.1, 0.15) is 59.4 Å². The average molecular weight is 620 g/mol. The standard InChI is InChI=1S/C32H44Cl2N4O4/c1-6-37(32(3,4)5)31(40)42-23(2)38-28-22-25(14-12-24(28)13-15-29(38)39)41-21-8-7-16-35-17-19-36(20-18-35)27-11-9-10-26(33)30(27)34/h9-12,14,22-23H,6-8,13,15-21H2,1-5H3. The molecule has 2 amide bonds. The van der Waals surface area contributed by atoms with Gasteiger partial charge in [0.1, 0.15) is 5.75 Å². The maximum absolute atomic E-state index is 13.0. The quantitative estimate of drug-likeness (QED) is 0.271. The van der Waals surface area contributed by atoms with E-state index in [0.29, 0.717) is 41.8 Å². The van der Waals surface area contributed by atoms with E-state index in [-0.39, 0.29) is 11.4 Å². The molecule has 230 valence electrons. The first-order valence-corrected chi connectivity index (χ1v) is 15.7. The van der Waals surface area contributed by atoms with Gasteiger partial charge in [-0.25, -0.2) is 4.79 Å². The number of aryl methyl sites for hydroxylation is 1. The lowest BCUT2D eigenvalue weighted by Crippen LogP contribution is -2.50. The molecule has 0 saturated carbocycles. The largest absolute Gasteiger partial charge is 0.494 e. The van der Waals surface area contributed by atoms with E-state index in [1.54, 1.807) is 16.7 Å². The molecule has 1 atom stereocenters. The molecular weight excluding hydrogens is 575 g/mol. The SMILES string of the molecule is CCN(C(=O)OC(C)N1C(=O)CCc2ccc(OCCCCN3CCN(c4cccc(Cl)c4Cl)CC3)cc21)C(C)(C)C. The average Bonchev–Trinajstić information content (AvgIpc) is 2.94. The molecule has 1 fully saturated rings. The topological polar surface area (TPSA) is 65.6 Å². The second-order valence-electron chi connectivity index (χ2n) is 11.9. The van der Waals surface area contributed by atoms with Gasteiger partial charge in [-0.3, -0.25) is 14.6 Å². The number of fused-ring (bicyclic) bond motifs is 1. The molecule has 10 heteroatoms. The molecule has 2 aromatic rings. The van der Waals surface area contributed by atoms with Gasteiger partial charge < -0.3 is 19.3 Å². The molecular formula is C32H44Cl2N4O4. The van der Waals surface area contributed by atoms with E-state index in [1.807, 2.05) is 64.1 Å². The monoisotopic (exact) mass is 618 g/mol. The van der Waals surface area contributed by atoms with E-state index >= 15 is 0 Å². The van der Waals surface area contributed by atoms with E-state index in [4.69, 9.17) is 32.7 Å². The number of carbonyl (C=O) groups excluding carboxylic acids is 2. The molecule has 42 heavy (non-hydrogen) atoms. The molecule has 4 rings (SSSR count). The number of anilines is 2. The van der Waals surface area contributed by atoms with Crippen molar-refractivity contribution in [3.05, 3.63) is 52.0 Å². The summed E-state index contributed by atoms with van der Waals surface area (Å²) in [6, 6.07) is 11.7. The summed E-state index contributed by atoms with van der Waals surface area (Å²) in [6.07, 6.45) is 1.83. The van der Waals surface area contributed by atoms with Crippen LogP contribution in [0.5, 0.6) is 5.75 Å². The van der Waals surface area contributed by atoms with E-state index in [0.717, 1.165) is 62.5 Å². The summed E-state index contributed by atoms with van der Waals surface area (Å²) < 4.78 is 11.9. The summed E-state index contributed by atoms with van der Waals surface area (Å²) in [4.78, 5) is 33.9. The number of hydrogen-bond donors (Lipinski definition) is 0. The number of ether oxygens (including phenoxy) is 2. The molecule has 0 aliphatic carbocycles. The predicted molar refractivity (Wildman–Crippen MR) is 170 cm³/mol. The summed E-state index contributed by atoms with van der Waals surface area (Å²) in [5, 5.41) is 1.21. The molecule has 2 aliphatic heterocycles. The minimum absolute atomic E-state index is 0.0588. The number of benzene rings is 2. The maximum Gasteiger partial charge on any atom is 0.412 e. The lowest BCUT2D eigenvalue weighted by atomic mass is 10.0. The number of piperazine rings is 1. The van der Waals surface area contributed by atoms with Gasteiger partial charge in [-0.15, -0.1) is 0 Å². The second-order valence-corrected chi connectivity index (χ2v) is 12.7. The minimum Gasteiger partial charge on any atom is -0.494 e. The van der Waals surface area contributed by atoms with Crippen LogP contribution in [0.15, 0.2) is 36.4 Å². The first-order chi connectivity index (χ1) is 20.0. The van der Waals surface area contributed by atoms with Crippen molar-refractivity contribution in [2.24, 2.45) is 0 Å². The normalized spacial score (nSPS) is 16.7. The van der Waals surface area contributed by atoms with Crippen LogP contribution in [-0.4, -0.2) is 79.4 Å². The van der Waals surface area contributed by atoms with Crippen molar-refractivity contribution >= 4 is 46.6 Å². The smallest absolute Gasteiger partial charge is 0.412 e. The molecule has 2 aromatic carbocycles. The highest BCUT2D eigenvalue weighted by Crippen LogP contribution is 2.34. The fraction of sp³-hybridized carbons (Fsp3) is 0.562. The van der Waals surface area contributed by atoms with Crippen LogP contribution in [0.3, 0.4) is 0 Å².